The number of nitrogens with zero attached hydrogens (tertiary/aromatic N) is 1. The minimum absolute atomic E-state index is 0.230. The predicted octanol–water partition coefficient (Wildman–Crippen LogP) is 4.68. The molecule has 2 N–H and O–H groups in total. The molecule has 0 aromatic rings. The van der Waals surface area contributed by atoms with E-state index in [0.29, 0.717) is 11.5 Å². The molecule has 0 heterocycles. The molecule has 3 unspecified atom stereocenters. The van der Waals surface area contributed by atoms with Crippen molar-refractivity contribution in [3.05, 3.63) is 0 Å². The molecule has 1 aliphatic rings. The Morgan fingerprint density at radius 3 is 2.24 bits per heavy atom. The van der Waals surface area contributed by atoms with E-state index in [0.717, 1.165) is 18.4 Å². The van der Waals surface area contributed by atoms with Gasteiger partial charge in [-0.2, -0.15) is 0 Å². The maximum Gasteiger partial charge on any atom is 0.0331 e. The molecule has 0 radical (unpaired) electrons. The summed E-state index contributed by atoms with van der Waals surface area (Å²) in [6.45, 7) is 15.0. The second-order valence-electron chi connectivity index (χ2n) is 9.01. The van der Waals surface area contributed by atoms with Gasteiger partial charge >= 0.3 is 0 Å². The van der Waals surface area contributed by atoms with E-state index >= 15 is 0 Å². The first-order valence-electron chi connectivity index (χ1n) is 9.05. The number of nitrogens with two attached hydrogens (primary N) is 1. The maximum absolute atomic E-state index is 6.29. The van der Waals surface area contributed by atoms with E-state index in [1.54, 1.807) is 0 Å². The Morgan fingerprint density at radius 2 is 1.76 bits per heavy atom. The fraction of sp³-hybridized carbons (Fsp3) is 1.00. The lowest BCUT2D eigenvalue weighted by molar-refractivity contribution is 0.0577. The smallest absolute Gasteiger partial charge is 0.0331 e. The van der Waals surface area contributed by atoms with Crippen molar-refractivity contribution in [3.8, 4) is 0 Å². The van der Waals surface area contributed by atoms with Gasteiger partial charge in [0.2, 0.25) is 0 Å². The Hall–Kier alpha value is -0.0800. The summed E-state index contributed by atoms with van der Waals surface area (Å²) < 4.78 is 0. The van der Waals surface area contributed by atoms with Gasteiger partial charge in [-0.3, -0.25) is 4.90 Å². The number of hydrogen-bond donors (Lipinski definition) is 1. The van der Waals surface area contributed by atoms with Crippen LogP contribution >= 0.6 is 0 Å². The fourth-order valence-electron chi connectivity index (χ4n) is 4.26. The van der Waals surface area contributed by atoms with E-state index < -0.39 is 0 Å². The summed E-state index contributed by atoms with van der Waals surface area (Å²) in [4.78, 5) is 2.62. The molecule has 1 saturated carbocycles. The fourth-order valence-corrected chi connectivity index (χ4v) is 4.26. The molecule has 2 heteroatoms. The maximum atomic E-state index is 6.29. The molecule has 21 heavy (non-hydrogen) atoms. The monoisotopic (exact) mass is 296 g/mol. The van der Waals surface area contributed by atoms with E-state index in [1.807, 2.05) is 0 Å². The first-order chi connectivity index (χ1) is 9.62. The highest BCUT2D eigenvalue weighted by Crippen LogP contribution is 2.41. The minimum atomic E-state index is 0.230. The summed E-state index contributed by atoms with van der Waals surface area (Å²) in [6, 6.07) is 0.625. The SMILES string of the molecule is CC(C)CC(C)N(C)C1(CN)CCCC(C(C)(C)C)CC1. The first kappa shape index (κ1) is 19.0. The van der Waals surface area contributed by atoms with Crippen LogP contribution in [0.25, 0.3) is 0 Å². The highest BCUT2D eigenvalue weighted by Gasteiger charge is 2.39. The van der Waals surface area contributed by atoms with Crippen molar-refractivity contribution in [1.82, 2.24) is 4.90 Å². The summed E-state index contributed by atoms with van der Waals surface area (Å²) in [7, 11) is 2.32. The van der Waals surface area contributed by atoms with Crippen molar-refractivity contribution < 1.29 is 0 Å². The Labute approximate surface area is 133 Å². The van der Waals surface area contributed by atoms with Crippen LogP contribution in [0.2, 0.25) is 0 Å². The van der Waals surface area contributed by atoms with E-state index in [2.05, 4.69) is 53.5 Å². The number of likely N-dealkylation sites (N-methyl/N-ethyl adjacent to an activating group) is 1. The molecule has 0 aromatic carbocycles. The highest BCUT2D eigenvalue weighted by molar-refractivity contribution is 4.96. The van der Waals surface area contributed by atoms with Gasteiger partial charge in [0.05, 0.1) is 0 Å². The molecule has 1 fully saturated rings. The molecule has 0 bridgehead atoms. The van der Waals surface area contributed by atoms with Gasteiger partial charge in [-0.05, 0) is 63.3 Å². The topological polar surface area (TPSA) is 29.3 Å². The van der Waals surface area contributed by atoms with Crippen molar-refractivity contribution in [2.75, 3.05) is 13.6 Å². The van der Waals surface area contributed by atoms with Gasteiger partial charge in [0.25, 0.3) is 0 Å². The Morgan fingerprint density at radius 1 is 1.14 bits per heavy atom. The summed E-state index contributed by atoms with van der Waals surface area (Å²) in [5.41, 5.74) is 6.96. The minimum Gasteiger partial charge on any atom is -0.329 e. The molecule has 0 aromatic heterocycles. The van der Waals surface area contributed by atoms with Crippen LogP contribution in [0.4, 0.5) is 0 Å². The second kappa shape index (κ2) is 7.46. The lowest BCUT2D eigenvalue weighted by Gasteiger charge is -2.45. The summed E-state index contributed by atoms with van der Waals surface area (Å²) in [5, 5.41) is 0. The molecule has 126 valence electrons. The predicted molar refractivity (Wildman–Crippen MR) is 94.5 cm³/mol. The van der Waals surface area contributed by atoms with Crippen molar-refractivity contribution in [2.24, 2.45) is 23.0 Å². The normalized spacial score (nSPS) is 29.7. The largest absolute Gasteiger partial charge is 0.329 e. The third kappa shape index (κ3) is 4.96. The molecule has 0 saturated heterocycles. The average molecular weight is 297 g/mol. The highest BCUT2D eigenvalue weighted by atomic mass is 15.2. The third-order valence-corrected chi connectivity index (χ3v) is 5.98. The van der Waals surface area contributed by atoms with Crippen LogP contribution in [-0.2, 0) is 0 Å². The summed E-state index contributed by atoms with van der Waals surface area (Å²) in [5.74, 6) is 1.60. The van der Waals surface area contributed by atoms with Gasteiger partial charge in [0.1, 0.15) is 0 Å². The van der Waals surface area contributed by atoms with Crippen molar-refractivity contribution in [3.63, 3.8) is 0 Å². The standard InChI is InChI=1S/C19H40N2/c1-15(2)13-16(3)21(7)19(14-20)11-8-9-17(10-12-19)18(4,5)6/h15-17H,8-14,20H2,1-7H3. The van der Waals surface area contributed by atoms with E-state index in [4.69, 9.17) is 5.73 Å². The second-order valence-corrected chi connectivity index (χ2v) is 9.01. The molecule has 0 aliphatic heterocycles. The van der Waals surface area contributed by atoms with Gasteiger partial charge in [-0.1, -0.05) is 41.0 Å². The van der Waals surface area contributed by atoms with Gasteiger partial charge < -0.3 is 5.73 Å². The van der Waals surface area contributed by atoms with Gasteiger partial charge in [-0.25, -0.2) is 0 Å². The van der Waals surface area contributed by atoms with Crippen molar-refractivity contribution >= 4 is 0 Å². The van der Waals surface area contributed by atoms with Crippen LogP contribution in [0.15, 0.2) is 0 Å². The molecule has 1 rings (SSSR count). The third-order valence-electron chi connectivity index (χ3n) is 5.98. The van der Waals surface area contributed by atoms with Gasteiger partial charge in [0, 0.05) is 18.1 Å². The zero-order valence-corrected chi connectivity index (χ0v) is 15.7. The molecular formula is C19H40N2. The quantitative estimate of drug-likeness (QED) is 0.747. The first-order valence-corrected chi connectivity index (χ1v) is 9.05. The van der Waals surface area contributed by atoms with Crippen molar-refractivity contribution in [1.29, 1.82) is 0 Å². The van der Waals surface area contributed by atoms with Gasteiger partial charge in [-0.15, -0.1) is 0 Å². The summed E-state index contributed by atoms with van der Waals surface area (Å²) >= 11 is 0. The summed E-state index contributed by atoms with van der Waals surface area (Å²) in [6.07, 6.45) is 7.84. The molecule has 2 nitrogen and oxygen atoms in total. The van der Waals surface area contributed by atoms with E-state index in [1.165, 1.54) is 38.5 Å². The Bertz CT molecular complexity index is 305. The lowest BCUT2D eigenvalue weighted by Crippen LogP contribution is -2.55. The number of hydrogen-bond acceptors (Lipinski definition) is 2. The average Bonchev–Trinajstić information content (AvgIpc) is 2.59. The number of rotatable bonds is 5. The molecule has 3 atom stereocenters. The van der Waals surface area contributed by atoms with Crippen LogP contribution in [0.5, 0.6) is 0 Å². The molecule has 0 amide bonds. The van der Waals surface area contributed by atoms with E-state index in [-0.39, 0.29) is 5.54 Å². The molecular weight excluding hydrogens is 256 g/mol. The van der Waals surface area contributed by atoms with Crippen LogP contribution in [0.3, 0.4) is 0 Å². The molecule has 1 aliphatic carbocycles. The van der Waals surface area contributed by atoms with Crippen LogP contribution in [0.1, 0.15) is 80.1 Å². The van der Waals surface area contributed by atoms with Crippen LogP contribution in [-0.4, -0.2) is 30.1 Å². The lowest BCUT2D eigenvalue weighted by atomic mass is 9.76. The molecule has 0 spiro atoms. The van der Waals surface area contributed by atoms with Crippen LogP contribution < -0.4 is 5.73 Å². The zero-order chi connectivity index (χ0) is 16.3. The van der Waals surface area contributed by atoms with Gasteiger partial charge in [0.15, 0.2) is 0 Å². The van der Waals surface area contributed by atoms with Crippen molar-refractivity contribution in [2.45, 2.75) is 91.6 Å². The Kier molecular flexibility index (Phi) is 6.74. The van der Waals surface area contributed by atoms with Crippen LogP contribution in [0, 0.1) is 17.3 Å². The zero-order valence-electron chi connectivity index (χ0n) is 15.7. The Balaban J connectivity index is 2.80. The van der Waals surface area contributed by atoms with E-state index in [9.17, 15) is 0 Å².